The second kappa shape index (κ2) is 7.31. The molecule has 1 heterocycles. The van der Waals surface area contributed by atoms with Crippen molar-refractivity contribution in [3.05, 3.63) is 53.6 Å². The molecule has 1 amide bonds. The number of fused-ring (bicyclic) bond motifs is 1. The highest BCUT2D eigenvalue weighted by molar-refractivity contribution is 8.00. The molecule has 1 aromatic heterocycles. The van der Waals surface area contributed by atoms with Gasteiger partial charge in [-0.3, -0.25) is 4.79 Å². The van der Waals surface area contributed by atoms with Crippen LogP contribution in [0, 0.1) is 6.92 Å². The quantitative estimate of drug-likeness (QED) is 0.626. The predicted molar refractivity (Wildman–Crippen MR) is 105 cm³/mol. The van der Waals surface area contributed by atoms with Gasteiger partial charge in [0.25, 0.3) is 0 Å². The molecule has 5 heteroatoms. The Hall–Kier alpha value is -2.27. The number of H-pyrrole nitrogens is 1. The van der Waals surface area contributed by atoms with Crippen molar-refractivity contribution in [3.63, 3.8) is 0 Å². The second-order valence-electron chi connectivity index (χ2n) is 6.50. The number of carbonyl (C=O) groups excluding carboxylic acids is 1. The van der Waals surface area contributed by atoms with Gasteiger partial charge in [0.2, 0.25) is 5.91 Å². The molecule has 0 aliphatic carbocycles. The Morgan fingerprint density at radius 3 is 2.60 bits per heavy atom. The molecule has 0 saturated carbocycles. The van der Waals surface area contributed by atoms with E-state index in [9.17, 15) is 4.79 Å². The van der Waals surface area contributed by atoms with E-state index in [0.717, 1.165) is 33.0 Å². The van der Waals surface area contributed by atoms with Crippen LogP contribution in [-0.2, 0) is 4.79 Å². The molecule has 0 fully saturated rings. The van der Waals surface area contributed by atoms with E-state index < -0.39 is 0 Å². The summed E-state index contributed by atoms with van der Waals surface area (Å²) in [6, 6.07) is 14.0. The molecular weight excluding hydrogens is 330 g/mol. The summed E-state index contributed by atoms with van der Waals surface area (Å²) in [6.45, 7) is 8.20. The van der Waals surface area contributed by atoms with Gasteiger partial charge in [-0.15, -0.1) is 0 Å². The zero-order valence-electron chi connectivity index (χ0n) is 15.0. The molecule has 3 aromatic rings. The summed E-state index contributed by atoms with van der Waals surface area (Å²) in [5.74, 6) is 0.343. The third-order valence-corrected chi connectivity index (χ3v) is 5.18. The SMILES string of the molecule is Cc1cccc(C(C)C)c1NC(=O)[C@@H](C)Sc1nc2ccccc2[nH]1. The third kappa shape index (κ3) is 3.87. The van der Waals surface area contributed by atoms with Crippen molar-refractivity contribution >= 4 is 34.4 Å². The lowest BCUT2D eigenvalue weighted by molar-refractivity contribution is -0.115. The highest BCUT2D eigenvalue weighted by Crippen LogP contribution is 2.29. The topological polar surface area (TPSA) is 57.8 Å². The predicted octanol–water partition coefficient (Wildman–Crippen LogP) is 5.11. The van der Waals surface area contributed by atoms with E-state index in [0.29, 0.717) is 5.92 Å². The van der Waals surface area contributed by atoms with Crippen LogP contribution >= 0.6 is 11.8 Å². The Morgan fingerprint density at radius 1 is 1.12 bits per heavy atom. The minimum atomic E-state index is -0.250. The number of carbonyl (C=O) groups is 1. The molecule has 0 saturated heterocycles. The van der Waals surface area contributed by atoms with E-state index in [4.69, 9.17) is 0 Å². The summed E-state index contributed by atoms with van der Waals surface area (Å²) in [7, 11) is 0. The molecule has 0 bridgehead atoms. The summed E-state index contributed by atoms with van der Waals surface area (Å²) in [4.78, 5) is 20.5. The fourth-order valence-corrected chi connectivity index (χ4v) is 3.59. The van der Waals surface area contributed by atoms with E-state index in [-0.39, 0.29) is 11.2 Å². The molecule has 3 rings (SSSR count). The molecule has 25 heavy (non-hydrogen) atoms. The van der Waals surface area contributed by atoms with Gasteiger partial charge in [-0.05, 0) is 43.0 Å². The number of thioether (sulfide) groups is 1. The first-order chi connectivity index (χ1) is 12.0. The number of nitrogens with one attached hydrogen (secondary N) is 2. The number of hydrogen-bond donors (Lipinski definition) is 2. The van der Waals surface area contributed by atoms with Gasteiger partial charge in [0.1, 0.15) is 0 Å². The minimum absolute atomic E-state index is 0.0124. The molecule has 0 radical (unpaired) electrons. The van der Waals surface area contributed by atoms with Crippen molar-refractivity contribution in [2.45, 2.75) is 44.0 Å². The van der Waals surface area contributed by atoms with Crippen molar-refractivity contribution < 1.29 is 4.79 Å². The molecule has 0 spiro atoms. The van der Waals surface area contributed by atoms with Crippen LogP contribution in [0.2, 0.25) is 0 Å². The number of nitrogens with zero attached hydrogens (tertiary/aromatic N) is 1. The standard InChI is InChI=1S/C20H23N3OS/c1-12(2)15-9-7-8-13(3)18(15)23-19(24)14(4)25-20-21-16-10-5-6-11-17(16)22-20/h5-12,14H,1-4H3,(H,21,22)(H,23,24)/t14-/m1/s1. The first-order valence-electron chi connectivity index (χ1n) is 8.47. The Balaban J connectivity index is 1.75. The zero-order valence-corrected chi connectivity index (χ0v) is 15.8. The lowest BCUT2D eigenvalue weighted by Gasteiger charge is -2.18. The van der Waals surface area contributed by atoms with Crippen molar-refractivity contribution in [2.75, 3.05) is 5.32 Å². The number of benzene rings is 2. The first kappa shape index (κ1) is 17.5. The second-order valence-corrected chi connectivity index (χ2v) is 7.83. The van der Waals surface area contributed by atoms with Crippen molar-refractivity contribution in [1.29, 1.82) is 0 Å². The van der Waals surface area contributed by atoms with Gasteiger partial charge in [0.15, 0.2) is 5.16 Å². The van der Waals surface area contributed by atoms with E-state index in [1.807, 2.05) is 50.2 Å². The normalized spacial score (nSPS) is 12.5. The number of anilines is 1. The Kier molecular flexibility index (Phi) is 5.13. The first-order valence-corrected chi connectivity index (χ1v) is 9.35. The van der Waals surface area contributed by atoms with E-state index in [2.05, 4.69) is 35.2 Å². The highest BCUT2D eigenvalue weighted by Gasteiger charge is 2.19. The minimum Gasteiger partial charge on any atom is -0.333 e. The lowest BCUT2D eigenvalue weighted by atomic mass is 9.98. The zero-order chi connectivity index (χ0) is 18.0. The molecule has 0 unspecified atom stereocenters. The van der Waals surface area contributed by atoms with Crippen molar-refractivity contribution in [1.82, 2.24) is 9.97 Å². The Bertz CT molecular complexity index is 868. The monoisotopic (exact) mass is 353 g/mol. The van der Waals surface area contributed by atoms with Crippen LogP contribution < -0.4 is 5.32 Å². The van der Waals surface area contributed by atoms with Crippen LogP contribution in [0.5, 0.6) is 0 Å². The molecule has 1 atom stereocenters. The van der Waals surface area contributed by atoms with E-state index in [1.165, 1.54) is 11.8 Å². The molecule has 2 N–H and O–H groups in total. The maximum absolute atomic E-state index is 12.7. The number of aryl methyl sites for hydroxylation is 1. The molecular formula is C20H23N3OS. The van der Waals surface area contributed by atoms with Crippen LogP contribution in [-0.4, -0.2) is 21.1 Å². The van der Waals surface area contributed by atoms with Gasteiger partial charge in [-0.25, -0.2) is 4.98 Å². The summed E-state index contributed by atoms with van der Waals surface area (Å²) >= 11 is 1.44. The summed E-state index contributed by atoms with van der Waals surface area (Å²) in [5, 5.41) is 3.62. The number of imidazole rings is 1. The number of aromatic amines is 1. The van der Waals surface area contributed by atoms with Crippen molar-refractivity contribution in [2.24, 2.45) is 0 Å². The summed E-state index contributed by atoms with van der Waals surface area (Å²) < 4.78 is 0. The molecule has 4 nitrogen and oxygen atoms in total. The van der Waals surface area contributed by atoms with Gasteiger partial charge >= 0.3 is 0 Å². The van der Waals surface area contributed by atoms with Gasteiger partial charge in [0.05, 0.1) is 16.3 Å². The van der Waals surface area contributed by atoms with Gasteiger partial charge < -0.3 is 10.3 Å². The smallest absolute Gasteiger partial charge is 0.237 e. The van der Waals surface area contributed by atoms with Crippen LogP contribution in [0.25, 0.3) is 11.0 Å². The number of para-hydroxylation sites is 3. The molecule has 2 aromatic carbocycles. The van der Waals surface area contributed by atoms with Gasteiger partial charge in [0, 0.05) is 5.69 Å². The van der Waals surface area contributed by atoms with E-state index in [1.54, 1.807) is 0 Å². The Morgan fingerprint density at radius 2 is 1.88 bits per heavy atom. The Labute approximate surface area is 152 Å². The van der Waals surface area contributed by atoms with E-state index >= 15 is 0 Å². The summed E-state index contributed by atoms with van der Waals surface area (Å²) in [6.07, 6.45) is 0. The average Bonchev–Trinajstić information content (AvgIpc) is 2.98. The fourth-order valence-electron chi connectivity index (χ4n) is 2.77. The van der Waals surface area contributed by atoms with Crippen LogP contribution in [0.1, 0.15) is 37.8 Å². The third-order valence-electron chi connectivity index (χ3n) is 4.20. The van der Waals surface area contributed by atoms with Gasteiger partial charge in [-0.1, -0.05) is 55.9 Å². The number of amides is 1. The van der Waals surface area contributed by atoms with Crippen LogP contribution in [0.4, 0.5) is 5.69 Å². The summed E-state index contributed by atoms with van der Waals surface area (Å²) in [5.41, 5.74) is 5.08. The number of rotatable bonds is 5. The number of aromatic nitrogens is 2. The van der Waals surface area contributed by atoms with Crippen LogP contribution in [0.3, 0.4) is 0 Å². The molecule has 0 aliphatic heterocycles. The van der Waals surface area contributed by atoms with Gasteiger partial charge in [-0.2, -0.15) is 0 Å². The average molecular weight is 353 g/mol. The lowest BCUT2D eigenvalue weighted by Crippen LogP contribution is -2.24. The highest BCUT2D eigenvalue weighted by atomic mass is 32.2. The fraction of sp³-hybridized carbons (Fsp3) is 0.300. The molecule has 0 aliphatic rings. The maximum atomic E-state index is 12.7. The largest absolute Gasteiger partial charge is 0.333 e. The number of hydrogen-bond acceptors (Lipinski definition) is 3. The van der Waals surface area contributed by atoms with Crippen LogP contribution in [0.15, 0.2) is 47.6 Å². The maximum Gasteiger partial charge on any atom is 0.237 e. The van der Waals surface area contributed by atoms with Crippen molar-refractivity contribution in [3.8, 4) is 0 Å². The molecule has 130 valence electrons.